The van der Waals surface area contributed by atoms with Gasteiger partial charge in [-0.25, -0.2) is 0 Å². The van der Waals surface area contributed by atoms with E-state index >= 15 is 0 Å². The van der Waals surface area contributed by atoms with E-state index in [9.17, 15) is 4.79 Å². The van der Waals surface area contributed by atoms with Gasteiger partial charge in [-0.15, -0.1) is 11.3 Å². The molecular formula is C15H21NOS. The largest absolute Gasteiger partial charge is 0.304 e. The Bertz CT molecular complexity index is 439. The summed E-state index contributed by atoms with van der Waals surface area (Å²) < 4.78 is 0. The van der Waals surface area contributed by atoms with E-state index in [-0.39, 0.29) is 6.04 Å². The number of thiophene rings is 1. The maximum absolute atomic E-state index is 12.5. The molecule has 2 aliphatic rings. The molecule has 3 unspecified atom stereocenters. The Labute approximate surface area is 113 Å². The molecule has 2 heterocycles. The minimum atomic E-state index is 0.0710. The molecule has 0 amide bonds. The van der Waals surface area contributed by atoms with Crippen LogP contribution < -0.4 is 5.32 Å². The Morgan fingerprint density at radius 1 is 1.28 bits per heavy atom. The summed E-state index contributed by atoms with van der Waals surface area (Å²) >= 11 is 1.59. The molecule has 0 aromatic carbocycles. The summed E-state index contributed by atoms with van der Waals surface area (Å²) in [7, 11) is 0. The van der Waals surface area contributed by atoms with Crippen LogP contribution in [-0.4, -0.2) is 17.9 Å². The van der Waals surface area contributed by atoms with Crippen molar-refractivity contribution >= 4 is 17.1 Å². The topological polar surface area (TPSA) is 29.1 Å². The van der Waals surface area contributed by atoms with Crippen molar-refractivity contribution in [3.05, 3.63) is 21.9 Å². The SMILES string of the molecule is Cc1ccsc1C(=O)C1CCC2CCCCC2N1. The van der Waals surface area contributed by atoms with Crippen LogP contribution in [0.5, 0.6) is 0 Å². The minimum absolute atomic E-state index is 0.0710. The quantitative estimate of drug-likeness (QED) is 0.827. The highest BCUT2D eigenvalue weighted by Crippen LogP contribution is 2.33. The molecule has 1 aliphatic carbocycles. The van der Waals surface area contributed by atoms with E-state index in [4.69, 9.17) is 0 Å². The molecule has 3 heteroatoms. The number of aryl methyl sites for hydroxylation is 1. The fourth-order valence-corrected chi connectivity index (χ4v) is 4.41. The molecule has 98 valence electrons. The molecule has 0 spiro atoms. The zero-order valence-corrected chi connectivity index (χ0v) is 11.8. The molecule has 1 aromatic heterocycles. The number of carbonyl (C=O) groups is 1. The molecule has 0 bridgehead atoms. The van der Waals surface area contributed by atoms with E-state index < -0.39 is 0 Å². The van der Waals surface area contributed by atoms with E-state index in [0.29, 0.717) is 11.8 Å². The third-order valence-corrected chi connectivity index (χ3v) is 5.58. The molecule has 1 aliphatic heterocycles. The zero-order valence-electron chi connectivity index (χ0n) is 10.9. The summed E-state index contributed by atoms with van der Waals surface area (Å²) in [5.74, 6) is 1.15. The highest BCUT2D eigenvalue weighted by Gasteiger charge is 2.35. The van der Waals surface area contributed by atoms with Crippen molar-refractivity contribution in [2.45, 2.75) is 57.5 Å². The molecule has 18 heavy (non-hydrogen) atoms. The monoisotopic (exact) mass is 263 g/mol. The van der Waals surface area contributed by atoms with Gasteiger partial charge in [0.1, 0.15) is 0 Å². The number of rotatable bonds is 2. The smallest absolute Gasteiger partial charge is 0.189 e. The Morgan fingerprint density at radius 2 is 2.11 bits per heavy atom. The van der Waals surface area contributed by atoms with Crippen LogP contribution in [-0.2, 0) is 0 Å². The predicted octanol–water partition coefficient (Wildman–Crippen LogP) is 3.55. The summed E-state index contributed by atoms with van der Waals surface area (Å²) in [5.41, 5.74) is 1.14. The van der Waals surface area contributed by atoms with Gasteiger partial charge in [-0.05, 0) is 55.5 Å². The van der Waals surface area contributed by atoms with E-state index in [2.05, 4.69) is 5.32 Å². The number of ketones is 1. The second-order valence-electron chi connectivity index (χ2n) is 5.74. The number of carbonyl (C=O) groups excluding carboxylic acids is 1. The second-order valence-corrected chi connectivity index (χ2v) is 6.66. The lowest BCUT2D eigenvalue weighted by Gasteiger charge is -2.39. The molecule has 1 saturated heterocycles. The van der Waals surface area contributed by atoms with Gasteiger partial charge in [0.15, 0.2) is 5.78 Å². The summed E-state index contributed by atoms with van der Waals surface area (Å²) in [6, 6.07) is 2.72. The summed E-state index contributed by atoms with van der Waals surface area (Å²) in [4.78, 5) is 13.5. The van der Waals surface area contributed by atoms with Crippen LogP contribution in [0, 0.1) is 12.8 Å². The van der Waals surface area contributed by atoms with Gasteiger partial charge in [0.05, 0.1) is 10.9 Å². The van der Waals surface area contributed by atoms with Crippen molar-refractivity contribution in [2.75, 3.05) is 0 Å². The number of hydrogen-bond acceptors (Lipinski definition) is 3. The van der Waals surface area contributed by atoms with Gasteiger partial charge in [0, 0.05) is 6.04 Å². The summed E-state index contributed by atoms with van der Waals surface area (Å²) in [6.07, 6.45) is 7.59. The molecular weight excluding hydrogens is 242 g/mol. The van der Waals surface area contributed by atoms with Crippen LogP contribution in [0.4, 0.5) is 0 Å². The average Bonchev–Trinajstić information content (AvgIpc) is 2.83. The second kappa shape index (κ2) is 5.14. The predicted molar refractivity (Wildman–Crippen MR) is 75.3 cm³/mol. The lowest BCUT2D eigenvalue weighted by atomic mass is 9.77. The maximum atomic E-state index is 12.5. The van der Waals surface area contributed by atoms with Crippen LogP contribution >= 0.6 is 11.3 Å². The van der Waals surface area contributed by atoms with Crippen molar-refractivity contribution in [2.24, 2.45) is 5.92 Å². The van der Waals surface area contributed by atoms with Gasteiger partial charge in [-0.3, -0.25) is 4.79 Å². The fraction of sp³-hybridized carbons (Fsp3) is 0.667. The van der Waals surface area contributed by atoms with Gasteiger partial charge in [0.25, 0.3) is 0 Å². The maximum Gasteiger partial charge on any atom is 0.189 e. The molecule has 1 saturated carbocycles. The van der Waals surface area contributed by atoms with Crippen LogP contribution in [0.1, 0.15) is 53.8 Å². The lowest BCUT2D eigenvalue weighted by molar-refractivity contribution is 0.0865. The molecule has 3 atom stereocenters. The van der Waals surface area contributed by atoms with Crippen molar-refractivity contribution in [3.8, 4) is 0 Å². The van der Waals surface area contributed by atoms with Gasteiger partial charge in [0.2, 0.25) is 0 Å². The number of Topliss-reactive ketones (excluding diaryl/α,β-unsaturated/α-hetero) is 1. The molecule has 2 nitrogen and oxygen atoms in total. The normalized spacial score (nSPS) is 31.9. The molecule has 3 rings (SSSR count). The highest BCUT2D eigenvalue weighted by molar-refractivity contribution is 7.12. The van der Waals surface area contributed by atoms with E-state index in [1.54, 1.807) is 11.3 Å². The van der Waals surface area contributed by atoms with Crippen molar-refractivity contribution < 1.29 is 4.79 Å². The Hall–Kier alpha value is -0.670. The van der Waals surface area contributed by atoms with Crippen LogP contribution in [0.25, 0.3) is 0 Å². The van der Waals surface area contributed by atoms with Gasteiger partial charge in [-0.1, -0.05) is 12.8 Å². The highest BCUT2D eigenvalue weighted by atomic mass is 32.1. The third kappa shape index (κ3) is 2.26. The first-order valence-electron chi connectivity index (χ1n) is 7.10. The number of hydrogen-bond donors (Lipinski definition) is 1. The molecule has 1 aromatic rings. The Balaban J connectivity index is 1.70. The summed E-state index contributed by atoms with van der Waals surface area (Å²) in [5, 5.41) is 5.65. The number of piperidine rings is 1. The van der Waals surface area contributed by atoms with Gasteiger partial charge >= 0.3 is 0 Å². The third-order valence-electron chi connectivity index (χ3n) is 4.55. The Morgan fingerprint density at radius 3 is 2.89 bits per heavy atom. The summed E-state index contributed by atoms with van der Waals surface area (Å²) in [6.45, 7) is 2.04. The molecule has 2 fully saturated rings. The fourth-order valence-electron chi connectivity index (χ4n) is 3.49. The van der Waals surface area contributed by atoms with Gasteiger partial charge < -0.3 is 5.32 Å². The van der Waals surface area contributed by atoms with Crippen molar-refractivity contribution in [1.82, 2.24) is 5.32 Å². The zero-order chi connectivity index (χ0) is 12.5. The van der Waals surface area contributed by atoms with E-state index in [0.717, 1.165) is 22.8 Å². The van der Waals surface area contributed by atoms with Crippen LogP contribution in [0.2, 0.25) is 0 Å². The first kappa shape index (κ1) is 12.4. The van der Waals surface area contributed by atoms with Gasteiger partial charge in [-0.2, -0.15) is 0 Å². The molecule has 0 radical (unpaired) electrons. The van der Waals surface area contributed by atoms with Crippen LogP contribution in [0.3, 0.4) is 0 Å². The number of fused-ring (bicyclic) bond motifs is 1. The number of nitrogens with one attached hydrogen (secondary N) is 1. The lowest BCUT2D eigenvalue weighted by Crippen LogP contribution is -2.52. The average molecular weight is 263 g/mol. The first-order valence-corrected chi connectivity index (χ1v) is 7.98. The van der Waals surface area contributed by atoms with E-state index in [1.807, 2.05) is 18.4 Å². The first-order chi connectivity index (χ1) is 8.75. The van der Waals surface area contributed by atoms with Crippen LogP contribution in [0.15, 0.2) is 11.4 Å². The van der Waals surface area contributed by atoms with Crippen molar-refractivity contribution in [3.63, 3.8) is 0 Å². The Kier molecular flexibility index (Phi) is 3.53. The molecule has 1 N–H and O–H groups in total. The van der Waals surface area contributed by atoms with E-state index in [1.165, 1.54) is 32.1 Å². The standard InChI is InChI=1S/C15H21NOS/c1-10-8-9-18-15(10)14(17)13-7-6-11-4-2-3-5-12(11)16-13/h8-9,11-13,16H,2-7H2,1H3. The van der Waals surface area contributed by atoms with Crippen molar-refractivity contribution in [1.29, 1.82) is 0 Å². The minimum Gasteiger partial charge on any atom is -0.304 e.